The van der Waals surface area contributed by atoms with E-state index in [2.05, 4.69) is 20.5 Å². The predicted octanol–water partition coefficient (Wildman–Crippen LogP) is 3.63. The molecule has 1 N–H and O–H groups in total. The first-order valence-corrected chi connectivity index (χ1v) is 10.6. The average molecular weight is 390 g/mol. The van der Waals surface area contributed by atoms with Gasteiger partial charge in [-0.15, -0.1) is 5.10 Å². The van der Waals surface area contributed by atoms with Gasteiger partial charge in [0.15, 0.2) is 0 Å². The van der Waals surface area contributed by atoms with E-state index in [4.69, 9.17) is 0 Å². The van der Waals surface area contributed by atoms with E-state index in [1.165, 1.54) is 12.8 Å². The van der Waals surface area contributed by atoms with Gasteiger partial charge in [0.1, 0.15) is 11.4 Å². The third-order valence-electron chi connectivity index (χ3n) is 6.02. The van der Waals surface area contributed by atoms with Crippen molar-refractivity contribution in [2.75, 3.05) is 6.54 Å². The van der Waals surface area contributed by atoms with Gasteiger partial charge < -0.3 is 4.90 Å². The van der Waals surface area contributed by atoms with E-state index in [0.29, 0.717) is 11.6 Å². The van der Waals surface area contributed by atoms with E-state index in [0.717, 1.165) is 55.7 Å². The molecule has 2 aromatic heterocycles. The first kappa shape index (κ1) is 18.1. The molecule has 0 bridgehead atoms. The van der Waals surface area contributed by atoms with E-state index in [1.54, 1.807) is 0 Å². The highest BCUT2D eigenvalue weighted by atomic mass is 16.2. The average Bonchev–Trinajstić information content (AvgIpc) is 3.31. The van der Waals surface area contributed by atoms with Gasteiger partial charge in [0, 0.05) is 36.3 Å². The zero-order valence-electron chi connectivity index (χ0n) is 16.5. The lowest BCUT2D eigenvalue weighted by atomic mass is 9.98. The minimum atomic E-state index is 0.0569. The van der Waals surface area contributed by atoms with Gasteiger partial charge in [-0.05, 0) is 44.6 Å². The maximum absolute atomic E-state index is 13.1. The standard InChI is InChI=1S/C22H26N6O/c29-22(20-14-19(23-24-20)17-9-10-17)28-12-5-4-8-18(28)11-13-27-15-21(25-26-27)16-6-2-1-3-7-16/h1-3,6-7,14-15,17-18H,4-5,8-13H2,(H,23,24). The van der Waals surface area contributed by atoms with E-state index in [-0.39, 0.29) is 11.9 Å². The highest BCUT2D eigenvalue weighted by molar-refractivity contribution is 5.92. The number of carbonyl (C=O) groups excluding carboxylic acids is 1. The van der Waals surface area contributed by atoms with Crippen LogP contribution >= 0.6 is 0 Å². The second kappa shape index (κ2) is 7.81. The fourth-order valence-corrected chi connectivity index (χ4v) is 4.20. The number of piperidine rings is 1. The van der Waals surface area contributed by atoms with Crippen LogP contribution in [-0.4, -0.2) is 48.6 Å². The van der Waals surface area contributed by atoms with Gasteiger partial charge in [-0.3, -0.25) is 14.6 Å². The molecule has 150 valence electrons. The van der Waals surface area contributed by atoms with Crippen LogP contribution in [0.2, 0.25) is 0 Å². The van der Waals surface area contributed by atoms with Crippen molar-refractivity contribution >= 4 is 5.91 Å². The summed E-state index contributed by atoms with van der Waals surface area (Å²) in [5.41, 5.74) is 3.62. The highest BCUT2D eigenvalue weighted by Crippen LogP contribution is 2.39. The predicted molar refractivity (Wildman–Crippen MR) is 109 cm³/mol. The molecule has 2 aliphatic rings. The van der Waals surface area contributed by atoms with E-state index in [1.807, 2.05) is 52.2 Å². The second-order valence-corrected chi connectivity index (χ2v) is 8.15. The van der Waals surface area contributed by atoms with Gasteiger partial charge in [0.2, 0.25) is 0 Å². The molecule has 1 unspecified atom stereocenters. The number of aryl methyl sites for hydroxylation is 1. The summed E-state index contributed by atoms with van der Waals surface area (Å²) < 4.78 is 1.89. The Morgan fingerprint density at radius 2 is 2.00 bits per heavy atom. The molecule has 0 radical (unpaired) electrons. The van der Waals surface area contributed by atoms with Crippen LogP contribution in [0.3, 0.4) is 0 Å². The highest BCUT2D eigenvalue weighted by Gasteiger charge is 2.31. The number of H-pyrrole nitrogens is 1. The molecular weight excluding hydrogens is 364 g/mol. The Morgan fingerprint density at radius 3 is 2.83 bits per heavy atom. The molecular formula is C22H26N6O. The first-order chi connectivity index (χ1) is 14.3. The lowest BCUT2D eigenvalue weighted by Crippen LogP contribution is -2.44. The molecule has 1 aliphatic heterocycles. The molecule has 1 amide bonds. The Hall–Kier alpha value is -2.96. The van der Waals surface area contributed by atoms with Crippen LogP contribution in [0.15, 0.2) is 42.6 Å². The van der Waals surface area contributed by atoms with Crippen LogP contribution in [-0.2, 0) is 6.54 Å². The molecule has 3 aromatic rings. The number of nitrogens with one attached hydrogen (secondary N) is 1. The van der Waals surface area contributed by atoms with Crippen molar-refractivity contribution in [2.24, 2.45) is 0 Å². The molecule has 2 fully saturated rings. The van der Waals surface area contributed by atoms with Gasteiger partial charge in [-0.1, -0.05) is 35.5 Å². The molecule has 7 nitrogen and oxygen atoms in total. The maximum atomic E-state index is 13.1. The number of hydrogen-bond donors (Lipinski definition) is 1. The number of benzene rings is 1. The fraction of sp³-hybridized carbons (Fsp3) is 0.455. The number of carbonyl (C=O) groups is 1. The number of nitrogens with zero attached hydrogens (tertiary/aromatic N) is 5. The van der Waals surface area contributed by atoms with Crippen LogP contribution < -0.4 is 0 Å². The molecule has 1 aliphatic carbocycles. The van der Waals surface area contributed by atoms with Gasteiger partial charge in [0.25, 0.3) is 5.91 Å². The van der Waals surface area contributed by atoms with Crippen LogP contribution in [0.25, 0.3) is 11.3 Å². The number of aromatic nitrogens is 5. The molecule has 5 rings (SSSR count). The third kappa shape index (κ3) is 3.95. The Bertz CT molecular complexity index is 974. The molecule has 0 spiro atoms. The molecule has 3 heterocycles. The number of aromatic amines is 1. The summed E-state index contributed by atoms with van der Waals surface area (Å²) in [6.45, 7) is 1.56. The van der Waals surface area contributed by atoms with Gasteiger partial charge >= 0.3 is 0 Å². The lowest BCUT2D eigenvalue weighted by molar-refractivity contribution is 0.0587. The van der Waals surface area contributed by atoms with E-state index >= 15 is 0 Å². The largest absolute Gasteiger partial charge is 0.334 e. The third-order valence-corrected chi connectivity index (χ3v) is 6.02. The smallest absolute Gasteiger partial charge is 0.274 e. The second-order valence-electron chi connectivity index (χ2n) is 8.15. The Balaban J connectivity index is 1.24. The topological polar surface area (TPSA) is 79.7 Å². The SMILES string of the molecule is O=C(c1cc(C2CC2)[nH]n1)N1CCCCC1CCn1cc(-c2ccccc2)nn1. The number of likely N-dealkylation sites (tertiary alicyclic amines) is 1. The quantitative estimate of drug-likeness (QED) is 0.697. The lowest BCUT2D eigenvalue weighted by Gasteiger charge is -2.35. The van der Waals surface area contributed by atoms with Crippen molar-refractivity contribution in [3.8, 4) is 11.3 Å². The monoisotopic (exact) mass is 390 g/mol. The van der Waals surface area contributed by atoms with Gasteiger partial charge in [-0.25, -0.2) is 0 Å². The summed E-state index contributed by atoms with van der Waals surface area (Å²) in [7, 11) is 0. The fourth-order valence-electron chi connectivity index (χ4n) is 4.20. The molecule has 1 saturated heterocycles. The minimum absolute atomic E-state index is 0.0569. The van der Waals surface area contributed by atoms with Crippen molar-refractivity contribution in [1.29, 1.82) is 0 Å². The number of amides is 1. The molecule has 29 heavy (non-hydrogen) atoms. The minimum Gasteiger partial charge on any atom is -0.334 e. The van der Waals surface area contributed by atoms with Gasteiger partial charge in [-0.2, -0.15) is 5.10 Å². The molecule has 7 heteroatoms. The normalized spacial score (nSPS) is 19.4. The zero-order chi connectivity index (χ0) is 19.6. The Morgan fingerprint density at radius 1 is 1.14 bits per heavy atom. The summed E-state index contributed by atoms with van der Waals surface area (Å²) in [6.07, 6.45) is 8.52. The van der Waals surface area contributed by atoms with Crippen molar-refractivity contribution in [3.63, 3.8) is 0 Å². The molecule has 1 saturated carbocycles. The maximum Gasteiger partial charge on any atom is 0.274 e. The van der Waals surface area contributed by atoms with Crippen molar-refractivity contribution in [3.05, 3.63) is 54.0 Å². The Kier molecular flexibility index (Phi) is 4.87. The number of hydrogen-bond acceptors (Lipinski definition) is 4. The van der Waals surface area contributed by atoms with Crippen LogP contribution in [0.1, 0.15) is 60.6 Å². The van der Waals surface area contributed by atoms with Crippen molar-refractivity contribution < 1.29 is 4.79 Å². The summed E-state index contributed by atoms with van der Waals surface area (Å²) in [4.78, 5) is 15.1. The van der Waals surface area contributed by atoms with E-state index in [9.17, 15) is 4.79 Å². The first-order valence-electron chi connectivity index (χ1n) is 10.6. The molecule has 1 atom stereocenters. The summed E-state index contributed by atoms with van der Waals surface area (Å²) >= 11 is 0. The Labute approximate surface area is 170 Å². The van der Waals surface area contributed by atoms with Crippen LogP contribution in [0.4, 0.5) is 0 Å². The summed E-state index contributed by atoms with van der Waals surface area (Å²) in [6, 6.07) is 12.3. The van der Waals surface area contributed by atoms with Gasteiger partial charge in [0.05, 0.1) is 6.20 Å². The van der Waals surface area contributed by atoms with Crippen molar-refractivity contribution in [2.45, 2.75) is 57.0 Å². The summed E-state index contributed by atoms with van der Waals surface area (Å²) in [5, 5.41) is 15.9. The van der Waals surface area contributed by atoms with E-state index < -0.39 is 0 Å². The summed E-state index contributed by atoms with van der Waals surface area (Å²) in [5.74, 6) is 0.633. The number of rotatable bonds is 6. The molecule has 1 aromatic carbocycles. The van der Waals surface area contributed by atoms with Crippen LogP contribution in [0.5, 0.6) is 0 Å². The van der Waals surface area contributed by atoms with Crippen molar-refractivity contribution in [1.82, 2.24) is 30.1 Å². The van der Waals surface area contributed by atoms with Crippen LogP contribution in [0, 0.1) is 0 Å². The zero-order valence-corrected chi connectivity index (χ0v) is 16.5.